The first-order valence-electron chi connectivity index (χ1n) is 8.21. The van der Waals surface area contributed by atoms with Gasteiger partial charge < -0.3 is 10.1 Å². The predicted octanol–water partition coefficient (Wildman–Crippen LogP) is 5.85. The van der Waals surface area contributed by atoms with Crippen molar-refractivity contribution in [2.24, 2.45) is 0 Å². The van der Waals surface area contributed by atoms with E-state index in [2.05, 4.69) is 5.32 Å². The van der Waals surface area contributed by atoms with E-state index < -0.39 is 6.10 Å². The van der Waals surface area contributed by atoms with Crippen molar-refractivity contribution in [3.05, 3.63) is 63.1 Å². The lowest BCUT2D eigenvalue weighted by atomic mass is 10.2. The summed E-state index contributed by atoms with van der Waals surface area (Å²) in [6.07, 6.45) is 0.0252. The number of carbonyl (C=O) groups excluding carboxylic acids is 1. The summed E-state index contributed by atoms with van der Waals surface area (Å²) in [4.78, 5) is 12.3. The van der Waals surface area contributed by atoms with Crippen molar-refractivity contribution in [3.8, 4) is 5.75 Å². The first kappa shape index (κ1) is 21.2. The highest BCUT2D eigenvalue weighted by molar-refractivity contribution is 7.98. The summed E-state index contributed by atoms with van der Waals surface area (Å²) in [5.41, 5.74) is 0.919. The SMILES string of the molecule is CC[C@H](Oc1cccc(Cl)c1)C(=O)NCCSCc1c(Cl)cccc1Cl. The molecule has 0 spiro atoms. The standard InChI is InChI=1S/C19H20Cl3NO2S/c1-2-18(25-14-6-3-5-13(20)11-14)19(24)23-9-10-26-12-15-16(21)7-4-8-17(15)22/h3-8,11,18H,2,9-10,12H2,1H3,(H,23,24)/t18-/m0/s1. The van der Waals surface area contributed by atoms with Gasteiger partial charge in [0, 0.05) is 33.1 Å². The summed E-state index contributed by atoms with van der Waals surface area (Å²) in [7, 11) is 0. The average molecular weight is 433 g/mol. The monoisotopic (exact) mass is 431 g/mol. The van der Waals surface area contributed by atoms with Gasteiger partial charge in [0.2, 0.25) is 0 Å². The Morgan fingerprint density at radius 3 is 2.50 bits per heavy atom. The smallest absolute Gasteiger partial charge is 0.261 e. The van der Waals surface area contributed by atoms with Crippen molar-refractivity contribution < 1.29 is 9.53 Å². The number of hydrogen-bond donors (Lipinski definition) is 1. The molecule has 0 aliphatic carbocycles. The summed E-state index contributed by atoms with van der Waals surface area (Å²) in [6.45, 7) is 2.45. The van der Waals surface area contributed by atoms with Gasteiger partial charge >= 0.3 is 0 Å². The van der Waals surface area contributed by atoms with Gasteiger partial charge in [-0.25, -0.2) is 0 Å². The summed E-state index contributed by atoms with van der Waals surface area (Å²) < 4.78 is 5.73. The van der Waals surface area contributed by atoms with Crippen LogP contribution in [0.1, 0.15) is 18.9 Å². The Kier molecular flexibility index (Phi) is 8.93. The van der Waals surface area contributed by atoms with Crippen molar-refractivity contribution >= 4 is 52.5 Å². The summed E-state index contributed by atoms with van der Waals surface area (Å²) >= 11 is 19.9. The maximum atomic E-state index is 12.3. The van der Waals surface area contributed by atoms with E-state index in [0.717, 1.165) is 11.3 Å². The number of thioether (sulfide) groups is 1. The Bertz CT molecular complexity index is 722. The molecular weight excluding hydrogens is 413 g/mol. The number of halogens is 3. The van der Waals surface area contributed by atoms with Gasteiger partial charge in [-0.15, -0.1) is 0 Å². The molecule has 0 heterocycles. The van der Waals surface area contributed by atoms with E-state index in [-0.39, 0.29) is 5.91 Å². The summed E-state index contributed by atoms with van der Waals surface area (Å²) in [5.74, 6) is 1.90. The van der Waals surface area contributed by atoms with Gasteiger partial charge in [-0.3, -0.25) is 4.79 Å². The van der Waals surface area contributed by atoms with Gasteiger partial charge in [-0.05, 0) is 42.3 Å². The van der Waals surface area contributed by atoms with Crippen molar-refractivity contribution in [3.63, 3.8) is 0 Å². The molecule has 7 heteroatoms. The zero-order chi connectivity index (χ0) is 18.9. The van der Waals surface area contributed by atoms with Crippen LogP contribution >= 0.6 is 46.6 Å². The molecule has 0 saturated carbocycles. The quantitative estimate of drug-likeness (QED) is 0.505. The van der Waals surface area contributed by atoms with E-state index in [1.54, 1.807) is 36.0 Å². The van der Waals surface area contributed by atoms with Gasteiger partial charge in [-0.1, -0.05) is 53.9 Å². The second-order valence-electron chi connectivity index (χ2n) is 5.52. The third-order valence-corrected chi connectivity index (χ3v) is 5.52. The second kappa shape index (κ2) is 10.9. The van der Waals surface area contributed by atoms with E-state index in [9.17, 15) is 4.79 Å². The number of benzene rings is 2. The highest BCUT2D eigenvalue weighted by Gasteiger charge is 2.18. The van der Waals surface area contributed by atoms with Crippen molar-refractivity contribution in [2.75, 3.05) is 12.3 Å². The van der Waals surface area contributed by atoms with Gasteiger partial charge in [0.1, 0.15) is 5.75 Å². The number of ether oxygens (including phenoxy) is 1. The molecule has 1 amide bonds. The fourth-order valence-electron chi connectivity index (χ4n) is 2.23. The third-order valence-electron chi connectivity index (χ3n) is 3.59. The molecule has 0 saturated heterocycles. The second-order valence-corrected chi connectivity index (χ2v) is 7.87. The Morgan fingerprint density at radius 2 is 1.85 bits per heavy atom. The zero-order valence-electron chi connectivity index (χ0n) is 14.3. The fraction of sp³-hybridized carbons (Fsp3) is 0.316. The van der Waals surface area contributed by atoms with E-state index in [1.807, 2.05) is 25.1 Å². The van der Waals surface area contributed by atoms with Crippen LogP contribution < -0.4 is 10.1 Å². The van der Waals surface area contributed by atoms with Crippen molar-refractivity contribution in [1.29, 1.82) is 0 Å². The zero-order valence-corrected chi connectivity index (χ0v) is 17.4. The molecule has 0 unspecified atom stereocenters. The van der Waals surface area contributed by atoms with E-state index in [4.69, 9.17) is 39.5 Å². The van der Waals surface area contributed by atoms with Crippen LogP contribution in [0.4, 0.5) is 0 Å². The van der Waals surface area contributed by atoms with E-state index >= 15 is 0 Å². The highest BCUT2D eigenvalue weighted by atomic mass is 35.5. The Balaban J connectivity index is 1.75. The van der Waals surface area contributed by atoms with Crippen LogP contribution in [0.15, 0.2) is 42.5 Å². The number of amides is 1. The molecule has 0 aromatic heterocycles. The first-order chi connectivity index (χ1) is 12.5. The molecule has 0 radical (unpaired) electrons. The largest absolute Gasteiger partial charge is 0.481 e. The van der Waals surface area contributed by atoms with E-state index in [0.29, 0.717) is 39.5 Å². The molecule has 0 aliphatic heterocycles. The fourth-order valence-corrected chi connectivity index (χ4v) is 4.01. The van der Waals surface area contributed by atoms with E-state index in [1.165, 1.54) is 0 Å². The normalized spacial score (nSPS) is 11.8. The number of carbonyl (C=O) groups is 1. The molecule has 0 fully saturated rings. The Labute approximate surface area is 173 Å². The molecule has 2 rings (SSSR count). The average Bonchev–Trinajstić information content (AvgIpc) is 2.61. The van der Waals surface area contributed by atoms with Crippen molar-refractivity contribution in [2.45, 2.75) is 25.2 Å². The molecule has 3 nitrogen and oxygen atoms in total. The minimum atomic E-state index is -0.545. The van der Waals surface area contributed by atoms with Gasteiger partial charge in [-0.2, -0.15) is 11.8 Å². The molecule has 140 valence electrons. The molecule has 0 aliphatic rings. The van der Waals surface area contributed by atoms with Crippen molar-refractivity contribution in [1.82, 2.24) is 5.32 Å². The minimum Gasteiger partial charge on any atom is -0.481 e. The lowest BCUT2D eigenvalue weighted by Crippen LogP contribution is -2.39. The summed E-state index contributed by atoms with van der Waals surface area (Å²) in [5, 5.41) is 4.80. The van der Waals surface area contributed by atoms with Crippen LogP contribution in [0, 0.1) is 0 Å². The molecule has 2 aromatic carbocycles. The van der Waals surface area contributed by atoms with Crippen LogP contribution in [0.2, 0.25) is 15.1 Å². The molecule has 1 N–H and O–H groups in total. The lowest BCUT2D eigenvalue weighted by molar-refractivity contribution is -0.127. The minimum absolute atomic E-state index is 0.135. The number of rotatable bonds is 9. The Hall–Kier alpha value is -1.07. The number of nitrogens with one attached hydrogen (secondary N) is 1. The molecule has 2 aromatic rings. The first-order valence-corrected chi connectivity index (χ1v) is 10.5. The highest BCUT2D eigenvalue weighted by Crippen LogP contribution is 2.28. The third kappa shape index (κ3) is 6.58. The molecule has 0 bridgehead atoms. The molecule has 1 atom stereocenters. The summed E-state index contributed by atoms with van der Waals surface area (Å²) in [6, 6.07) is 12.5. The molecule has 26 heavy (non-hydrogen) atoms. The topological polar surface area (TPSA) is 38.3 Å². The van der Waals surface area contributed by atoms with Gasteiger partial charge in [0.15, 0.2) is 6.10 Å². The van der Waals surface area contributed by atoms with Crippen LogP contribution in [0.3, 0.4) is 0 Å². The maximum Gasteiger partial charge on any atom is 0.261 e. The lowest BCUT2D eigenvalue weighted by Gasteiger charge is -2.17. The Morgan fingerprint density at radius 1 is 1.15 bits per heavy atom. The predicted molar refractivity (Wildman–Crippen MR) is 112 cm³/mol. The van der Waals surface area contributed by atoms with Crippen LogP contribution in [0.5, 0.6) is 5.75 Å². The van der Waals surface area contributed by atoms with Crippen LogP contribution in [-0.4, -0.2) is 24.3 Å². The van der Waals surface area contributed by atoms with Gasteiger partial charge in [0.25, 0.3) is 5.91 Å². The molecular formula is C19H20Cl3NO2S. The van der Waals surface area contributed by atoms with Crippen LogP contribution in [0.25, 0.3) is 0 Å². The van der Waals surface area contributed by atoms with Crippen LogP contribution in [-0.2, 0) is 10.5 Å². The number of hydrogen-bond acceptors (Lipinski definition) is 3. The van der Waals surface area contributed by atoms with Gasteiger partial charge in [0.05, 0.1) is 0 Å². The maximum absolute atomic E-state index is 12.3.